The zero-order chi connectivity index (χ0) is 19.7. The average molecular weight is 398 g/mol. The van der Waals surface area contributed by atoms with Crippen LogP contribution in [0.4, 0.5) is 5.69 Å². The second-order valence-corrected chi connectivity index (χ2v) is 7.53. The van der Waals surface area contributed by atoms with E-state index in [2.05, 4.69) is 5.32 Å². The van der Waals surface area contributed by atoms with Crippen molar-refractivity contribution in [2.75, 3.05) is 18.4 Å². The van der Waals surface area contributed by atoms with Crippen molar-refractivity contribution in [2.24, 2.45) is 0 Å². The van der Waals surface area contributed by atoms with Crippen molar-refractivity contribution < 1.29 is 14.4 Å². The Morgan fingerprint density at radius 3 is 2.50 bits per heavy atom. The van der Waals surface area contributed by atoms with Crippen LogP contribution in [0, 0.1) is 0 Å². The van der Waals surface area contributed by atoms with Crippen molar-refractivity contribution in [1.82, 2.24) is 9.80 Å². The molecule has 2 saturated heterocycles. The van der Waals surface area contributed by atoms with Gasteiger partial charge in [-0.2, -0.15) is 0 Å². The van der Waals surface area contributed by atoms with E-state index < -0.39 is 0 Å². The summed E-state index contributed by atoms with van der Waals surface area (Å²) in [6.45, 7) is 1.17. The monoisotopic (exact) mass is 397 g/mol. The van der Waals surface area contributed by atoms with Crippen LogP contribution in [0.1, 0.15) is 28.8 Å². The Balaban J connectivity index is 1.40. The lowest BCUT2D eigenvalue weighted by atomic mass is 10.1. The van der Waals surface area contributed by atoms with Crippen molar-refractivity contribution in [2.45, 2.75) is 25.4 Å². The largest absolute Gasteiger partial charge is 0.329 e. The summed E-state index contributed by atoms with van der Waals surface area (Å²) in [5.41, 5.74) is 2.06. The first kappa shape index (κ1) is 18.5. The van der Waals surface area contributed by atoms with Crippen LogP contribution in [-0.2, 0) is 16.1 Å². The molecule has 0 aliphatic carbocycles. The summed E-state index contributed by atoms with van der Waals surface area (Å²) in [6.07, 6.45) is 1.62. The summed E-state index contributed by atoms with van der Waals surface area (Å²) in [7, 11) is 0. The molecule has 1 N–H and O–H groups in total. The molecular formula is C21H20ClN3O3. The molecule has 2 heterocycles. The van der Waals surface area contributed by atoms with E-state index in [0.717, 1.165) is 18.4 Å². The molecule has 3 amide bonds. The number of benzene rings is 2. The van der Waals surface area contributed by atoms with Gasteiger partial charge in [-0.25, -0.2) is 0 Å². The molecule has 0 radical (unpaired) electrons. The summed E-state index contributed by atoms with van der Waals surface area (Å²) in [5, 5.41) is 3.42. The van der Waals surface area contributed by atoms with Crippen LogP contribution in [-0.4, -0.2) is 46.7 Å². The van der Waals surface area contributed by atoms with E-state index in [9.17, 15) is 14.4 Å². The van der Waals surface area contributed by atoms with Crippen LogP contribution in [0.5, 0.6) is 0 Å². The van der Waals surface area contributed by atoms with Crippen molar-refractivity contribution in [3.05, 3.63) is 64.7 Å². The van der Waals surface area contributed by atoms with Gasteiger partial charge in [0.15, 0.2) is 0 Å². The zero-order valence-electron chi connectivity index (χ0n) is 15.2. The van der Waals surface area contributed by atoms with Crippen molar-refractivity contribution in [1.29, 1.82) is 0 Å². The minimum Gasteiger partial charge on any atom is -0.329 e. The van der Waals surface area contributed by atoms with Gasteiger partial charge in [0.25, 0.3) is 5.91 Å². The van der Waals surface area contributed by atoms with Crippen molar-refractivity contribution >= 4 is 35.0 Å². The fourth-order valence-corrected chi connectivity index (χ4v) is 3.84. The van der Waals surface area contributed by atoms with Gasteiger partial charge < -0.3 is 15.1 Å². The molecule has 2 aliphatic heterocycles. The number of halogens is 1. The number of anilines is 1. The molecule has 6 nitrogen and oxygen atoms in total. The Morgan fingerprint density at radius 2 is 1.79 bits per heavy atom. The van der Waals surface area contributed by atoms with E-state index in [-0.39, 0.29) is 30.3 Å². The molecule has 0 bridgehead atoms. The summed E-state index contributed by atoms with van der Waals surface area (Å²) < 4.78 is 0. The maximum Gasteiger partial charge on any atom is 0.255 e. The van der Waals surface area contributed by atoms with Crippen molar-refractivity contribution in [3.63, 3.8) is 0 Å². The minimum absolute atomic E-state index is 0.0149. The zero-order valence-corrected chi connectivity index (χ0v) is 16.0. The van der Waals surface area contributed by atoms with Crippen LogP contribution in [0.2, 0.25) is 5.02 Å². The summed E-state index contributed by atoms with van der Waals surface area (Å²) >= 11 is 5.85. The normalized spacial score (nSPS) is 19.0. The van der Waals surface area contributed by atoms with E-state index in [0.29, 0.717) is 29.4 Å². The predicted octanol–water partition coefficient (Wildman–Crippen LogP) is 2.93. The molecular weight excluding hydrogens is 378 g/mol. The molecule has 0 unspecified atom stereocenters. The molecule has 2 fully saturated rings. The topological polar surface area (TPSA) is 69.7 Å². The highest BCUT2D eigenvalue weighted by Gasteiger charge is 2.41. The molecule has 0 spiro atoms. The number of hydrogen-bond donors (Lipinski definition) is 1. The number of carbonyl (C=O) groups is 3. The molecule has 2 aromatic rings. The molecule has 0 saturated carbocycles. The summed E-state index contributed by atoms with van der Waals surface area (Å²) in [4.78, 5) is 40.5. The number of nitrogens with zero attached hydrogens (tertiary/aromatic N) is 2. The molecule has 2 aliphatic rings. The number of rotatable bonds is 4. The molecule has 2 aromatic carbocycles. The summed E-state index contributed by atoms with van der Waals surface area (Å²) in [6, 6.07) is 13.7. The molecule has 4 rings (SSSR count). The number of fused-ring (bicyclic) bond motifs is 1. The van der Waals surface area contributed by atoms with Gasteiger partial charge in [0.2, 0.25) is 11.8 Å². The molecule has 28 heavy (non-hydrogen) atoms. The Hall–Kier alpha value is -2.86. The van der Waals surface area contributed by atoms with Gasteiger partial charge >= 0.3 is 0 Å². The van der Waals surface area contributed by atoms with Gasteiger partial charge in [0.05, 0.1) is 0 Å². The van der Waals surface area contributed by atoms with Crippen LogP contribution < -0.4 is 5.32 Å². The number of nitrogens with one attached hydrogen (secondary N) is 1. The fourth-order valence-electron chi connectivity index (χ4n) is 3.72. The first-order valence-electron chi connectivity index (χ1n) is 9.25. The van der Waals surface area contributed by atoms with Gasteiger partial charge in [-0.05, 0) is 54.8 Å². The highest BCUT2D eigenvalue weighted by Crippen LogP contribution is 2.24. The highest BCUT2D eigenvalue weighted by atomic mass is 35.5. The maximum absolute atomic E-state index is 12.6. The van der Waals surface area contributed by atoms with Crippen LogP contribution in [0.25, 0.3) is 0 Å². The molecule has 7 heteroatoms. The third-order valence-electron chi connectivity index (χ3n) is 5.19. The van der Waals surface area contributed by atoms with Crippen LogP contribution in [0.3, 0.4) is 0 Å². The summed E-state index contributed by atoms with van der Waals surface area (Å²) in [5.74, 6) is -0.192. The van der Waals surface area contributed by atoms with E-state index in [1.54, 1.807) is 46.2 Å². The second-order valence-electron chi connectivity index (χ2n) is 7.10. The fraction of sp³-hybridized carbons (Fsp3) is 0.286. The maximum atomic E-state index is 12.6. The third-order valence-corrected chi connectivity index (χ3v) is 5.44. The quantitative estimate of drug-likeness (QED) is 0.862. The SMILES string of the molecule is O=C(Nc1ccc(Cl)cc1)c1ccc(CN2CC(=O)N3CCC[C@H]3C2=O)cc1. The van der Waals surface area contributed by atoms with E-state index in [1.165, 1.54) is 0 Å². The van der Waals surface area contributed by atoms with Gasteiger partial charge in [-0.1, -0.05) is 23.7 Å². The number of hydrogen-bond acceptors (Lipinski definition) is 3. The Labute approximate surface area is 168 Å². The lowest BCUT2D eigenvalue weighted by molar-refractivity contribution is -0.154. The van der Waals surface area contributed by atoms with E-state index >= 15 is 0 Å². The molecule has 1 atom stereocenters. The number of carbonyl (C=O) groups excluding carboxylic acids is 3. The second kappa shape index (κ2) is 7.64. The lowest BCUT2D eigenvalue weighted by Gasteiger charge is -2.36. The van der Waals surface area contributed by atoms with Gasteiger partial charge in [0, 0.05) is 29.4 Å². The van der Waals surface area contributed by atoms with Crippen LogP contribution in [0.15, 0.2) is 48.5 Å². The Kier molecular flexibility index (Phi) is 5.05. The van der Waals surface area contributed by atoms with Crippen molar-refractivity contribution in [3.8, 4) is 0 Å². The Bertz CT molecular complexity index is 911. The lowest BCUT2D eigenvalue weighted by Crippen LogP contribution is -2.56. The minimum atomic E-state index is -0.300. The highest BCUT2D eigenvalue weighted by molar-refractivity contribution is 6.30. The van der Waals surface area contributed by atoms with Gasteiger partial charge in [-0.15, -0.1) is 0 Å². The molecule has 0 aromatic heterocycles. The molecule has 144 valence electrons. The standard InChI is InChI=1S/C21H20ClN3O3/c22-16-7-9-17(10-8-16)23-20(27)15-5-3-14(4-6-15)12-24-13-19(26)25-11-1-2-18(25)21(24)28/h3-10,18H,1-2,11-13H2,(H,23,27)/t18-/m0/s1. The van der Waals surface area contributed by atoms with Gasteiger partial charge in [0.1, 0.15) is 12.6 Å². The smallest absolute Gasteiger partial charge is 0.255 e. The number of piperazine rings is 1. The van der Waals surface area contributed by atoms with Gasteiger partial charge in [-0.3, -0.25) is 14.4 Å². The van der Waals surface area contributed by atoms with E-state index in [4.69, 9.17) is 11.6 Å². The third kappa shape index (κ3) is 3.73. The Morgan fingerprint density at radius 1 is 1.07 bits per heavy atom. The van der Waals surface area contributed by atoms with Crippen LogP contribution >= 0.6 is 11.6 Å². The average Bonchev–Trinajstić information content (AvgIpc) is 3.19. The number of amides is 3. The first-order chi connectivity index (χ1) is 13.5. The first-order valence-corrected chi connectivity index (χ1v) is 9.63. The van der Waals surface area contributed by atoms with E-state index in [1.807, 2.05) is 12.1 Å². The predicted molar refractivity (Wildman–Crippen MR) is 106 cm³/mol.